The minimum absolute atomic E-state index is 0.102. The highest BCUT2D eigenvalue weighted by Gasteiger charge is 2.30. The van der Waals surface area contributed by atoms with Gasteiger partial charge in [-0.2, -0.15) is 18.3 Å². The van der Waals surface area contributed by atoms with Gasteiger partial charge in [0.15, 0.2) is 5.82 Å². The number of benzene rings is 1. The monoisotopic (exact) mass is 503 g/mol. The Kier molecular flexibility index (Phi) is 9.12. The van der Waals surface area contributed by atoms with Gasteiger partial charge in [-0.05, 0) is 55.4 Å². The number of para-hydroxylation sites is 1. The van der Waals surface area contributed by atoms with Gasteiger partial charge >= 0.3 is 12.1 Å². The van der Waals surface area contributed by atoms with Crippen molar-refractivity contribution in [2.75, 3.05) is 6.61 Å². The topological polar surface area (TPSA) is 77.2 Å². The first kappa shape index (κ1) is 27.2. The third kappa shape index (κ3) is 6.65. The van der Waals surface area contributed by atoms with Crippen molar-refractivity contribution in [2.24, 2.45) is 0 Å². The molecule has 0 bridgehead atoms. The molecule has 0 atom stereocenters. The van der Waals surface area contributed by atoms with Crippen molar-refractivity contribution in [1.82, 2.24) is 14.8 Å². The van der Waals surface area contributed by atoms with E-state index in [2.05, 4.69) is 18.8 Å². The van der Waals surface area contributed by atoms with Gasteiger partial charge in [0.05, 0.1) is 24.3 Å². The average molecular weight is 504 g/mol. The first-order chi connectivity index (χ1) is 17.2. The number of hydrogen-bond donors (Lipinski definition) is 1. The molecular weight excluding hydrogens is 471 g/mol. The molecule has 0 fully saturated rings. The van der Waals surface area contributed by atoms with Gasteiger partial charge in [0, 0.05) is 23.9 Å². The van der Waals surface area contributed by atoms with Crippen molar-refractivity contribution in [1.29, 1.82) is 0 Å². The number of ether oxygens (including phenoxy) is 1. The first-order valence-corrected chi connectivity index (χ1v) is 12.2. The van der Waals surface area contributed by atoms with Gasteiger partial charge in [0.2, 0.25) is 0 Å². The SMILES string of the molecule is CCc1cccc(CC(=O)O)c1OCCCc1cn(-c2ccc(C(F)(F)F)cn2)nc1C(CC)CC. The number of halogens is 3. The van der Waals surface area contributed by atoms with E-state index < -0.39 is 17.7 Å². The Bertz CT molecular complexity index is 1150. The number of rotatable bonds is 12. The number of carboxylic acids is 1. The maximum Gasteiger partial charge on any atom is 0.417 e. The highest BCUT2D eigenvalue weighted by Crippen LogP contribution is 2.30. The van der Waals surface area contributed by atoms with E-state index >= 15 is 0 Å². The van der Waals surface area contributed by atoms with Crippen LogP contribution in [-0.4, -0.2) is 32.4 Å². The molecule has 0 aliphatic carbocycles. The summed E-state index contributed by atoms with van der Waals surface area (Å²) in [5.41, 5.74) is 2.74. The molecule has 0 radical (unpaired) electrons. The number of hydrogen-bond acceptors (Lipinski definition) is 4. The molecule has 0 aliphatic rings. The second-order valence-corrected chi connectivity index (χ2v) is 8.68. The summed E-state index contributed by atoms with van der Waals surface area (Å²) in [6, 6.07) is 7.89. The molecule has 1 aromatic carbocycles. The average Bonchev–Trinajstić information content (AvgIpc) is 3.26. The van der Waals surface area contributed by atoms with Crippen LogP contribution < -0.4 is 4.74 Å². The minimum atomic E-state index is -4.44. The van der Waals surface area contributed by atoms with Crippen LogP contribution in [0.15, 0.2) is 42.7 Å². The zero-order valence-electron chi connectivity index (χ0n) is 20.8. The number of aliphatic carboxylic acids is 1. The number of aromatic nitrogens is 3. The fourth-order valence-corrected chi connectivity index (χ4v) is 4.28. The molecular formula is C27H32F3N3O3. The van der Waals surface area contributed by atoms with Crippen LogP contribution in [0.25, 0.3) is 5.82 Å². The first-order valence-electron chi connectivity index (χ1n) is 12.2. The Morgan fingerprint density at radius 1 is 1.08 bits per heavy atom. The summed E-state index contributed by atoms with van der Waals surface area (Å²) in [5, 5.41) is 13.9. The molecule has 0 aliphatic heterocycles. The van der Waals surface area contributed by atoms with Crippen LogP contribution in [0, 0.1) is 0 Å². The molecule has 3 aromatic rings. The van der Waals surface area contributed by atoms with E-state index in [4.69, 9.17) is 9.84 Å². The minimum Gasteiger partial charge on any atom is -0.493 e. The molecule has 2 aromatic heterocycles. The number of carboxylic acid groups (broad SMARTS) is 1. The maximum absolute atomic E-state index is 12.9. The van der Waals surface area contributed by atoms with Gasteiger partial charge in [0.1, 0.15) is 5.75 Å². The van der Waals surface area contributed by atoms with E-state index in [1.807, 2.05) is 25.3 Å². The molecule has 1 N–H and O–H groups in total. The number of alkyl halides is 3. The van der Waals surface area contributed by atoms with Gasteiger partial charge in [-0.1, -0.05) is 39.0 Å². The van der Waals surface area contributed by atoms with E-state index in [1.165, 1.54) is 6.07 Å². The molecule has 0 saturated carbocycles. The fourth-order valence-electron chi connectivity index (χ4n) is 4.28. The molecule has 6 nitrogen and oxygen atoms in total. The molecule has 3 rings (SSSR count). The van der Waals surface area contributed by atoms with E-state index in [1.54, 1.807) is 10.7 Å². The van der Waals surface area contributed by atoms with Crippen molar-refractivity contribution in [3.63, 3.8) is 0 Å². The van der Waals surface area contributed by atoms with Gasteiger partial charge in [-0.15, -0.1) is 0 Å². The van der Waals surface area contributed by atoms with Crippen molar-refractivity contribution < 1.29 is 27.8 Å². The molecule has 0 saturated heterocycles. The van der Waals surface area contributed by atoms with E-state index in [0.29, 0.717) is 36.6 Å². The molecule has 36 heavy (non-hydrogen) atoms. The van der Waals surface area contributed by atoms with E-state index in [0.717, 1.165) is 48.3 Å². The molecule has 9 heteroatoms. The Hall–Kier alpha value is -3.36. The molecule has 0 unspecified atom stereocenters. The van der Waals surface area contributed by atoms with Crippen molar-refractivity contribution in [3.8, 4) is 11.6 Å². The summed E-state index contributed by atoms with van der Waals surface area (Å²) in [4.78, 5) is 15.2. The van der Waals surface area contributed by atoms with Gasteiger partial charge in [0.25, 0.3) is 0 Å². The predicted octanol–water partition coefficient (Wildman–Crippen LogP) is 6.39. The Balaban J connectivity index is 1.77. The quantitative estimate of drug-likeness (QED) is 0.290. The summed E-state index contributed by atoms with van der Waals surface area (Å²) in [5.74, 6) is 0.270. The highest BCUT2D eigenvalue weighted by molar-refractivity contribution is 5.71. The lowest BCUT2D eigenvalue weighted by molar-refractivity contribution is -0.138. The van der Waals surface area contributed by atoms with Crippen LogP contribution in [0.1, 0.15) is 73.9 Å². The van der Waals surface area contributed by atoms with Gasteiger partial charge in [-0.3, -0.25) is 4.79 Å². The fraction of sp³-hybridized carbons (Fsp3) is 0.444. The van der Waals surface area contributed by atoms with Crippen molar-refractivity contribution in [2.45, 2.75) is 71.4 Å². The zero-order valence-corrected chi connectivity index (χ0v) is 20.8. The summed E-state index contributed by atoms with van der Waals surface area (Å²) < 4.78 is 46.3. The summed E-state index contributed by atoms with van der Waals surface area (Å²) in [6.07, 6.45) is 1.95. The standard InChI is InChI=1S/C27H32F3N3O3/c1-4-18(5-2)25-21(17-33(32-25)23-13-12-22(16-31-23)27(28,29)30)11-8-14-36-26-19(6-3)9-7-10-20(26)15-24(34)35/h7,9-10,12-13,16-18H,4-6,8,11,14-15H2,1-3H3,(H,34,35). The third-order valence-corrected chi connectivity index (χ3v) is 6.24. The van der Waals surface area contributed by atoms with E-state index in [9.17, 15) is 23.1 Å². The number of nitrogens with zero attached hydrogens (tertiary/aromatic N) is 3. The molecule has 194 valence electrons. The second kappa shape index (κ2) is 12.1. The molecule has 2 heterocycles. The lowest BCUT2D eigenvalue weighted by atomic mass is 9.95. The van der Waals surface area contributed by atoms with Gasteiger partial charge < -0.3 is 9.84 Å². The predicted molar refractivity (Wildman–Crippen MR) is 131 cm³/mol. The number of pyridine rings is 1. The lowest BCUT2D eigenvalue weighted by Crippen LogP contribution is -2.08. The Morgan fingerprint density at radius 2 is 1.81 bits per heavy atom. The largest absolute Gasteiger partial charge is 0.493 e. The van der Waals surface area contributed by atoms with Crippen LogP contribution in [0.5, 0.6) is 5.75 Å². The lowest BCUT2D eigenvalue weighted by Gasteiger charge is -2.15. The summed E-state index contributed by atoms with van der Waals surface area (Å²) in [7, 11) is 0. The smallest absolute Gasteiger partial charge is 0.417 e. The molecule has 0 spiro atoms. The van der Waals surface area contributed by atoms with Crippen molar-refractivity contribution in [3.05, 3.63) is 70.7 Å². The van der Waals surface area contributed by atoms with Crippen LogP contribution >= 0.6 is 0 Å². The second-order valence-electron chi connectivity index (χ2n) is 8.68. The van der Waals surface area contributed by atoms with Crippen LogP contribution in [0.2, 0.25) is 0 Å². The Labute approximate surface area is 209 Å². The van der Waals surface area contributed by atoms with Crippen molar-refractivity contribution >= 4 is 5.97 Å². The van der Waals surface area contributed by atoms with Crippen LogP contribution in [0.4, 0.5) is 13.2 Å². The van der Waals surface area contributed by atoms with E-state index in [-0.39, 0.29) is 12.3 Å². The van der Waals surface area contributed by atoms with Gasteiger partial charge in [-0.25, -0.2) is 9.67 Å². The van der Waals surface area contributed by atoms with Crippen LogP contribution in [-0.2, 0) is 30.2 Å². The summed E-state index contributed by atoms with van der Waals surface area (Å²) in [6.45, 7) is 6.57. The Morgan fingerprint density at radius 3 is 2.39 bits per heavy atom. The zero-order chi connectivity index (χ0) is 26.3. The normalized spacial score (nSPS) is 11.8. The number of carbonyl (C=O) groups is 1. The molecule has 0 amide bonds. The maximum atomic E-state index is 12.9. The summed E-state index contributed by atoms with van der Waals surface area (Å²) >= 11 is 0. The van der Waals surface area contributed by atoms with Crippen LogP contribution in [0.3, 0.4) is 0 Å². The number of aryl methyl sites for hydroxylation is 2. The third-order valence-electron chi connectivity index (χ3n) is 6.24. The highest BCUT2D eigenvalue weighted by atomic mass is 19.4.